The number of hydrogen-bond donors (Lipinski definition) is 0. The first-order valence-corrected chi connectivity index (χ1v) is 10.1. The van der Waals surface area contributed by atoms with Crippen LogP contribution in [0.1, 0.15) is 69.4 Å². The van der Waals surface area contributed by atoms with Crippen LogP contribution in [0.15, 0.2) is 53.1 Å². The average Bonchev–Trinajstić information content (AvgIpc) is 2.83. The molecule has 0 heterocycles. The topological polar surface area (TPSA) is 23.8 Å². The van der Waals surface area contributed by atoms with Crippen LogP contribution >= 0.6 is 24.8 Å². The minimum atomic E-state index is 0. The van der Waals surface area contributed by atoms with Crippen molar-refractivity contribution in [1.82, 2.24) is 0 Å². The fourth-order valence-corrected chi connectivity index (χ4v) is 4.13. The van der Waals surface area contributed by atoms with Gasteiger partial charge in [-0.2, -0.15) is 17.5 Å². The number of halogens is 2. The molecule has 0 aliphatic heterocycles. The van der Waals surface area contributed by atoms with Crippen molar-refractivity contribution in [3.63, 3.8) is 0 Å². The molecular weight excluding hydrogens is 457 g/mol. The summed E-state index contributed by atoms with van der Waals surface area (Å²) in [6, 6.07) is 12.9. The Kier molecular flexibility index (Phi) is 13.9. The molecule has 0 aromatic heterocycles. The number of nitrogens with one attached hydrogen (secondary N) is 1. The van der Waals surface area contributed by atoms with E-state index in [1.807, 2.05) is 26.0 Å². The van der Waals surface area contributed by atoms with Gasteiger partial charge in [-0.15, -0.1) is 48.2 Å². The molecule has 0 amide bonds. The van der Waals surface area contributed by atoms with Crippen molar-refractivity contribution in [3.8, 4) is 0 Å². The molecule has 0 bridgehead atoms. The molecule has 0 spiro atoms. The van der Waals surface area contributed by atoms with Crippen LogP contribution in [-0.2, 0) is 21.7 Å². The molecule has 1 aliphatic carbocycles. The minimum Gasteiger partial charge on any atom is -0.698 e. The van der Waals surface area contributed by atoms with Gasteiger partial charge < -0.3 is 5.73 Å². The maximum Gasteiger partial charge on any atom is 2.00 e. The molecule has 1 aliphatic rings. The van der Waals surface area contributed by atoms with Crippen molar-refractivity contribution in [2.75, 3.05) is 0 Å². The van der Waals surface area contributed by atoms with E-state index in [0.29, 0.717) is 11.6 Å². The second-order valence-corrected chi connectivity index (χ2v) is 8.39. The molecular formula is C27H37Cl2NTi. The zero-order valence-electron chi connectivity index (χ0n) is 20.4. The van der Waals surface area contributed by atoms with E-state index in [-0.39, 0.29) is 46.5 Å². The van der Waals surface area contributed by atoms with Crippen molar-refractivity contribution in [1.29, 1.82) is 0 Å². The Morgan fingerprint density at radius 1 is 0.806 bits per heavy atom. The molecule has 1 unspecified atom stereocenters. The van der Waals surface area contributed by atoms with Gasteiger partial charge in [0, 0.05) is 0 Å². The Balaban J connectivity index is 0. The predicted molar refractivity (Wildman–Crippen MR) is 139 cm³/mol. The van der Waals surface area contributed by atoms with Crippen LogP contribution in [0.5, 0.6) is 0 Å². The Morgan fingerprint density at radius 3 is 1.71 bits per heavy atom. The molecule has 4 heteroatoms. The molecule has 1 atom stereocenters. The van der Waals surface area contributed by atoms with Crippen LogP contribution in [0.4, 0.5) is 5.69 Å². The van der Waals surface area contributed by atoms with Gasteiger partial charge >= 0.3 is 21.7 Å². The summed E-state index contributed by atoms with van der Waals surface area (Å²) in [5.74, 6) is 1.94. The van der Waals surface area contributed by atoms with Gasteiger partial charge in [0.15, 0.2) is 0 Å². The Morgan fingerprint density at radius 2 is 1.29 bits per heavy atom. The summed E-state index contributed by atoms with van der Waals surface area (Å²) >= 11 is 0. The van der Waals surface area contributed by atoms with E-state index >= 15 is 0 Å². The standard InChI is InChI=1S/C18H23.C9H12N.2ClH.Ti/c1-11(2)16-9-7-8-10-17(16)18-14(5)12(3)13(4)15(18)6;1-6-4-7(2)9(10)8(3)5-6;;;/h7-10,14H,1-6H3;4-5,10H,1-3H3;2*1H;/q2*-1;;;+2. The maximum absolute atomic E-state index is 7.54. The van der Waals surface area contributed by atoms with Crippen LogP contribution in [0.25, 0.3) is 11.3 Å². The minimum absolute atomic E-state index is 0. The van der Waals surface area contributed by atoms with Gasteiger partial charge in [-0.25, -0.2) is 0 Å². The summed E-state index contributed by atoms with van der Waals surface area (Å²) in [5, 5.41) is 0. The first kappa shape index (κ1) is 32.1. The third kappa shape index (κ3) is 7.19. The van der Waals surface area contributed by atoms with Crippen molar-refractivity contribution < 1.29 is 21.7 Å². The predicted octanol–water partition coefficient (Wildman–Crippen LogP) is 9.55. The van der Waals surface area contributed by atoms with E-state index in [2.05, 4.69) is 72.7 Å². The van der Waals surface area contributed by atoms with Crippen LogP contribution < -0.4 is 0 Å². The zero-order chi connectivity index (χ0) is 21.2. The molecule has 2 aromatic carbocycles. The smallest absolute Gasteiger partial charge is 0.698 e. The number of allylic oxidation sites excluding steroid dienone is 4. The first-order chi connectivity index (χ1) is 13.1. The number of benzene rings is 2. The third-order valence-corrected chi connectivity index (χ3v) is 6.07. The summed E-state index contributed by atoms with van der Waals surface area (Å²) < 4.78 is 0. The van der Waals surface area contributed by atoms with Crippen LogP contribution in [0, 0.1) is 32.6 Å². The van der Waals surface area contributed by atoms with Gasteiger partial charge in [0.05, 0.1) is 0 Å². The van der Waals surface area contributed by atoms with Gasteiger partial charge in [0.25, 0.3) is 0 Å². The van der Waals surface area contributed by atoms with Crippen molar-refractivity contribution >= 4 is 36.1 Å². The fraction of sp³-hybridized carbons (Fsp3) is 0.370. The van der Waals surface area contributed by atoms with Crippen LogP contribution in [-0.4, -0.2) is 0 Å². The maximum atomic E-state index is 7.54. The molecule has 0 fully saturated rings. The summed E-state index contributed by atoms with van der Waals surface area (Å²) in [6.45, 7) is 19.5. The summed E-state index contributed by atoms with van der Waals surface area (Å²) in [4.78, 5) is 0. The molecule has 0 saturated carbocycles. The van der Waals surface area contributed by atoms with Gasteiger partial charge in [0.2, 0.25) is 0 Å². The van der Waals surface area contributed by atoms with Crippen molar-refractivity contribution in [2.45, 2.75) is 62.3 Å². The van der Waals surface area contributed by atoms with E-state index in [1.165, 1.54) is 44.9 Å². The van der Waals surface area contributed by atoms with E-state index in [9.17, 15) is 0 Å². The fourth-order valence-electron chi connectivity index (χ4n) is 4.13. The third-order valence-electron chi connectivity index (χ3n) is 6.07. The first-order valence-electron chi connectivity index (χ1n) is 10.1. The Bertz CT molecular complexity index is 919. The number of hydrogen-bond acceptors (Lipinski definition) is 0. The summed E-state index contributed by atoms with van der Waals surface area (Å²) in [7, 11) is 0. The van der Waals surface area contributed by atoms with Gasteiger partial charge in [-0.05, 0) is 53.0 Å². The second-order valence-electron chi connectivity index (χ2n) is 8.39. The summed E-state index contributed by atoms with van der Waals surface area (Å²) in [5.41, 5.74) is 20.4. The van der Waals surface area contributed by atoms with Gasteiger partial charge in [-0.3, -0.25) is 0 Å². The van der Waals surface area contributed by atoms with E-state index in [1.54, 1.807) is 0 Å². The molecule has 31 heavy (non-hydrogen) atoms. The molecule has 3 rings (SSSR count). The SMILES string of the molecule is CC1=C(C)C(C)C(c2ccccc2[C-](C)C)=C1C.Cc1cc(C)c([NH-])c(C)c1.Cl.Cl.[Ti+2]. The molecule has 1 N–H and O–H groups in total. The van der Waals surface area contributed by atoms with Crippen molar-refractivity contribution in [2.24, 2.45) is 5.92 Å². The quantitative estimate of drug-likeness (QED) is 0.293. The van der Waals surface area contributed by atoms with Crippen LogP contribution in [0.3, 0.4) is 0 Å². The second kappa shape index (κ2) is 13.4. The number of aryl methyl sites for hydroxylation is 3. The normalized spacial score (nSPS) is 14.7. The monoisotopic (exact) mass is 493 g/mol. The van der Waals surface area contributed by atoms with Crippen LogP contribution in [0.2, 0.25) is 0 Å². The summed E-state index contributed by atoms with van der Waals surface area (Å²) in [6.07, 6.45) is 0. The van der Waals surface area contributed by atoms with E-state index < -0.39 is 0 Å². The molecule has 0 radical (unpaired) electrons. The van der Waals surface area contributed by atoms with E-state index in [0.717, 1.165) is 11.1 Å². The Labute approximate surface area is 217 Å². The van der Waals surface area contributed by atoms with Crippen molar-refractivity contribution in [3.05, 3.63) is 92.6 Å². The van der Waals surface area contributed by atoms with Gasteiger partial charge in [0.1, 0.15) is 0 Å². The molecule has 2 aromatic rings. The molecule has 1 nitrogen and oxygen atoms in total. The van der Waals surface area contributed by atoms with Gasteiger partial charge in [-0.1, -0.05) is 72.4 Å². The molecule has 0 saturated heterocycles. The molecule has 168 valence electrons. The average molecular weight is 494 g/mol. The Hall–Kier alpha value is -1.12. The largest absolute Gasteiger partial charge is 2.00 e. The number of rotatable bonds is 2. The zero-order valence-corrected chi connectivity index (χ0v) is 23.6. The van der Waals surface area contributed by atoms with E-state index in [4.69, 9.17) is 5.73 Å².